The van der Waals surface area contributed by atoms with E-state index >= 15 is 0 Å². The summed E-state index contributed by atoms with van der Waals surface area (Å²) in [7, 11) is 0. The summed E-state index contributed by atoms with van der Waals surface area (Å²) in [6.07, 6.45) is 0. The highest BCUT2D eigenvalue weighted by Crippen LogP contribution is 2.20. The molecule has 0 saturated carbocycles. The van der Waals surface area contributed by atoms with Crippen LogP contribution >= 0.6 is 0 Å². The molecule has 5 nitrogen and oxygen atoms in total. The molecule has 0 aliphatic carbocycles. The Kier molecular flexibility index (Phi) is 4.35. The Morgan fingerprint density at radius 2 is 1.48 bits per heavy atom. The van der Waals surface area contributed by atoms with Gasteiger partial charge in [-0.05, 0) is 42.5 Å². The summed E-state index contributed by atoms with van der Waals surface area (Å²) in [4.78, 5) is 31.4. The van der Waals surface area contributed by atoms with Crippen molar-refractivity contribution in [2.45, 2.75) is 0 Å². The van der Waals surface area contributed by atoms with Gasteiger partial charge in [0.1, 0.15) is 17.3 Å². The number of nitrogens with zero attached hydrogens (tertiary/aromatic N) is 2. The molecule has 1 saturated heterocycles. The number of carbonyl (C=O) groups excluding carboxylic acids is 2. The molecule has 1 N–H and O–H groups in total. The van der Waals surface area contributed by atoms with Crippen molar-refractivity contribution in [3.63, 3.8) is 0 Å². The van der Waals surface area contributed by atoms with Crippen molar-refractivity contribution >= 4 is 22.7 Å². The normalized spacial score (nSPS) is 14.6. The monoisotopic (exact) mass is 369 g/mol. The van der Waals surface area contributed by atoms with Gasteiger partial charge >= 0.3 is 0 Å². The molecule has 0 bridgehead atoms. The van der Waals surface area contributed by atoms with Gasteiger partial charge in [-0.3, -0.25) is 9.59 Å². The Balaban J connectivity index is 1.43. The number of benzene rings is 2. The van der Waals surface area contributed by atoms with Crippen molar-refractivity contribution in [3.05, 3.63) is 71.4 Å². The summed E-state index contributed by atoms with van der Waals surface area (Å²) in [5.41, 5.74) is 1.32. The van der Waals surface area contributed by atoms with E-state index in [1.54, 1.807) is 21.9 Å². The number of rotatable bonds is 2. The lowest BCUT2D eigenvalue weighted by Gasteiger charge is -2.34. The first-order chi connectivity index (χ1) is 13.0. The second-order valence-electron chi connectivity index (χ2n) is 6.48. The summed E-state index contributed by atoms with van der Waals surface area (Å²) < 4.78 is 26.8. The number of hydrogen-bond acceptors (Lipinski definition) is 2. The molecular weight excluding hydrogens is 352 g/mol. The Morgan fingerprint density at radius 1 is 0.852 bits per heavy atom. The average molecular weight is 369 g/mol. The van der Waals surface area contributed by atoms with Crippen LogP contribution in [0.5, 0.6) is 0 Å². The molecule has 3 aromatic rings. The van der Waals surface area contributed by atoms with Gasteiger partial charge in [-0.25, -0.2) is 8.78 Å². The number of nitrogens with one attached hydrogen (secondary N) is 1. The smallest absolute Gasteiger partial charge is 0.270 e. The zero-order chi connectivity index (χ0) is 19.0. The van der Waals surface area contributed by atoms with Crippen LogP contribution in [0.15, 0.2) is 48.5 Å². The molecule has 7 heteroatoms. The molecule has 2 heterocycles. The second kappa shape index (κ2) is 6.83. The maximum absolute atomic E-state index is 13.8. The zero-order valence-electron chi connectivity index (χ0n) is 14.4. The summed E-state index contributed by atoms with van der Waals surface area (Å²) in [6.45, 7) is 1.53. The first-order valence-electron chi connectivity index (χ1n) is 8.64. The minimum atomic E-state index is -0.392. The summed E-state index contributed by atoms with van der Waals surface area (Å²) >= 11 is 0. The van der Waals surface area contributed by atoms with Crippen LogP contribution in [0.3, 0.4) is 0 Å². The van der Waals surface area contributed by atoms with E-state index in [0.717, 1.165) is 0 Å². The van der Waals surface area contributed by atoms with E-state index in [1.165, 1.54) is 36.4 Å². The predicted molar refractivity (Wildman–Crippen MR) is 96.5 cm³/mol. The topological polar surface area (TPSA) is 56.4 Å². The third kappa shape index (κ3) is 3.28. The highest BCUT2D eigenvalue weighted by molar-refractivity contribution is 5.98. The van der Waals surface area contributed by atoms with E-state index in [4.69, 9.17) is 0 Å². The Bertz CT molecular complexity index is 1010. The molecule has 2 amide bonds. The van der Waals surface area contributed by atoms with Gasteiger partial charge in [0.05, 0.1) is 0 Å². The van der Waals surface area contributed by atoms with E-state index < -0.39 is 5.82 Å². The number of carbonyl (C=O) groups is 2. The molecule has 4 rings (SSSR count). The number of H-pyrrole nitrogens is 1. The average Bonchev–Trinajstić information content (AvgIpc) is 3.13. The number of fused-ring (bicyclic) bond motifs is 1. The van der Waals surface area contributed by atoms with Crippen molar-refractivity contribution in [2.24, 2.45) is 0 Å². The van der Waals surface area contributed by atoms with E-state index in [-0.39, 0.29) is 17.6 Å². The molecule has 1 aliphatic heterocycles. The van der Waals surface area contributed by atoms with E-state index in [2.05, 4.69) is 4.98 Å². The second-order valence-corrected chi connectivity index (χ2v) is 6.48. The highest BCUT2D eigenvalue weighted by atomic mass is 19.1. The molecule has 2 aromatic carbocycles. The van der Waals surface area contributed by atoms with Crippen LogP contribution in [0.2, 0.25) is 0 Å². The maximum Gasteiger partial charge on any atom is 0.270 e. The Hall–Kier alpha value is -3.22. The van der Waals surface area contributed by atoms with E-state index in [9.17, 15) is 18.4 Å². The minimum Gasteiger partial charge on any atom is -0.350 e. The first kappa shape index (κ1) is 17.2. The molecule has 1 fully saturated rings. The van der Waals surface area contributed by atoms with Gasteiger partial charge in [0.15, 0.2) is 0 Å². The zero-order valence-corrected chi connectivity index (χ0v) is 14.4. The van der Waals surface area contributed by atoms with Gasteiger partial charge in [0.2, 0.25) is 0 Å². The molecule has 1 aliphatic rings. The SMILES string of the molecule is O=C(c1ccc(F)cc1)N1CCN(C(=O)c2cc3c(F)cccc3[nH]2)CC1. The maximum atomic E-state index is 13.8. The fourth-order valence-electron chi connectivity index (χ4n) is 3.29. The summed E-state index contributed by atoms with van der Waals surface area (Å²) in [5.74, 6) is -1.18. The molecule has 0 spiro atoms. The Morgan fingerprint density at radius 3 is 2.11 bits per heavy atom. The molecule has 1 aromatic heterocycles. The van der Waals surface area contributed by atoms with Gasteiger partial charge in [0.25, 0.3) is 11.8 Å². The lowest BCUT2D eigenvalue weighted by atomic mass is 10.1. The molecule has 0 unspecified atom stereocenters. The number of piperazine rings is 1. The van der Waals surface area contributed by atoms with Crippen molar-refractivity contribution in [1.82, 2.24) is 14.8 Å². The molecule has 138 valence electrons. The molecule has 0 radical (unpaired) electrons. The Labute approximate surface area is 154 Å². The van der Waals surface area contributed by atoms with Crippen molar-refractivity contribution in [2.75, 3.05) is 26.2 Å². The first-order valence-corrected chi connectivity index (χ1v) is 8.64. The number of aromatic nitrogens is 1. The number of aromatic amines is 1. The van der Waals surface area contributed by atoms with Crippen LogP contribution in [0.4, 0.5) is 8.78 Å². The molecule has 0 atom stereocenters. The minimum absolute atomic E-state index is 0.185. The lowest BCUT2D eigenvalue weighted by molar-refractivity contribution is 0.0533. The quantitative estimate of drug-likeness (QED) is 0.755. The van der Waals surface area contributed by atoms with Crippen LogP contribution in [0.25, 0.3) is 10.9 Å². The highest BCUT2D eigenvalue weighted by Gasteiger charge is 2.26. The van der Waals surface area contributed by atoms with Crippen LogP contribution in [-0.4, -0.2) is 52.8 Å². The van der Waals surface area contributed by atoms with Crippen LogP contribution in [-0.2, 0) is 0 Å². The third-order valence-corrected chi connectivity index (χ3v) is 4.79. The lowest BCUT2D eigenvalue weighted by Crippen LogP contribution is -2.50. The van der Waals surface area contributed by atoms with Crippen LogP contribution < -0.4 is 0 Å². The van der Waals surface area contributed by atoms with Gasteiger partial charge in [-0.15, -0.1) is 0 Å². The third-order valence-electron chi connectivity index (χ3n) is 4.79. The van der Waals surface area contributed by atoms with Crippen molar-refractivity contribution in [3.8, 4) is 0 Å². The summed E-state index contributed by atoms with van der Waals surface area (Å²) in [5, 5.41) is 0.381. The van der Waals surface area contributed by atoms with E-state index in [1.807, 2.05) is 0 Å². The molecular formula is C20H17F2N3O2. The van der Waals surface area contributed by atoms with Gasteiger partial charge in [0, 0.05) is 42.6 Å². The largest absolute Gasteiger partial charge is 0.350 e. The van der Waals surface area contributed by atoms with Crippen molar-refractivity contribution < 1.29 is 18.4 Å². The number of hydrogen-bond donors (Lipinski definition) is 1. The van der Waals surface area contributed by atoms with Gasteiger partial charge in [-0.1, -0.05) is 6.07 Å². The van der Waals surface area contributed by atoms with Crippen molar-refractivity contribution in [1.29, 1.82) is 0 Å². The molecule has 27 heavy (non-hydrogen) atoms. The number of amides is 2. The summed E-state index contributed by atoms with van der Waals surface area (Å²) in [6, 6.07) is 11.6. The van der Waals surface area contributed by atoms with Crippen LogP contribution in [0, 0.1) is 11.6 Å². The predicted octanol–water partition coefficient (Wildman–Crippen LogP) is 3.04. The van der Waals surface area contributed by atoms with E-state index in [0.29, 0.717) is 48.3 Å². The van der Waals surface area contributed by atoms with Gasteiger partial charge < -0.3 is 14.8 Å². The fraction of sp³-hybridized carbons (Fsp3) is 0.200. The number of halogens is 2. The van der Waals surface area contributed by atoms with Crippen LogP contribution in [0.1, 0.15) is 20.8 Å². The fourth-order valence-corrected chi connectivity index (χ4v) is 3.29. The van der Waals surface area contributed by atoms with Gasteiger partial charge in [-0.2, -0.15) is 0 Å². The standard InChI is InChI=1S/C20H17F2N3O2/c21-14-6-4-13(5-7-14)19(26)24-8-10-25(11-9-24)20(27)18-12-15-16(22)2-1-3-17(15)23-18/h1-7,12,23H,8-11H2.